The van der Waals surface area contributed by atoms with Gasteiger partial charge in [-0.05, 0) is 35.2 Å². The molecule has 0 aliphatic carbocycles. The summed E-state index contributed by atoms with van der Waals surface area (Å²) in [6.07, 6.45) is 2.08. The Morgan fingerprint density at radius 1 is 1.15 bits per heavy atom. The Labute approximate surface area is 164 Å². The van der Waals surface area contributed by atoms with Crippen molar-refractivity contribution in [2.45, 2.75) is 37.9 Å². The summed E-state index contributed by atoms with van der Waals surface area (Å²) in [4.78, 5) is 17.3. The normalized spacial score (nSPS) is 13.4. The van der Waals surface area contributed by atoms with Gasteiger partial charge in [0, 0.05) is 35.3 Å². The zero-order valence-electron chi connectivity index (χ0n) is 15.8. The summed E-state index contributed by atoms with van der Waals surface area (Å²) in [6, 6.07) is 15.7. The minimum atomic E-state index is -0.101. The highest BCUT2D eigenvalue weighted by Crippen LogP contribution is 2.30. The number of nitrogens with one attached hydrogen (secondary N) is 1. The molecule has 4 rings (SSSR count). The molecule has 1 N–H and O–H groups in total. The fraction of sp³-hybridized carbons (Fsp3) is 0.273. The van der Waals surface area contributed by atoms with Gasteiger partial charge in [0.25, 0.3) is 5.91 Å². The summed E-state index contributed by atoms with van der Waals surface area (Å²) >= 11 is 1.78. The van der Waals surface area contributed by atoms with Crippen molar-refractivity contribution in [3.8, 4) is 11.3 Å². The number of hydrogen-bond acceptors (Lipinski definition) is 3. The number of imidazole rings is 1. The van der Waals surface area contributed by atoms with Gasteiger partial charge in [-0.2, -0.15) is 0 Å². The van der Waals surface area contributed by atoms with E-state index in [1.807, 2.05) is 48.5 Å². The molecule has 1 aliphatic rings. The first-order valence-corrected chi connectivity index (χ1v) is 10.1. The highest BCUT2D eigenvalue weighted by molar-refractivity contribution is 7.99. The van der Waals surface area contributed by atoms with Gasteiger partial charge in [0.2, 0.25) is 0 Å². The SMILES string of the molecule is CC(C)(C)c1ccc(C(=O)Nc2cccc(-c3cn4c(n3)SCC4)c2)cc1. The number of aryl methyl sites for hydroxylation is 1. The minimum absolute atomic E-state index is 0.0759. The van der Waals surface area contributed by atoms with Crippen LogP contribution < -0.4 is 5.32 Å². The van der Waals surface area contributed by atoms with Crippen LogP contribution in [-0.4, -0.2) is 21.2 Å². The lowest BCUT2D eigenvalue weighted by atomic mass is 9.87. The number of benzene rings is 2. The number of fused-ring (bicyclic) bond motifs is 1. The van der Waals surface area contributed by atoms with E-state index in [-0.39, 0.29) is 11.3 Å². The molecule has 2 aromatic carbocycles. The molecule has 27 heavy (non-hydrogen) atoms. The van der Waals surface area contributed by atoms with Crippen LogP contribution in [0.15, 0.2) is 59.9 Å². The van der Waals surface area contributed by atoms with E-state index in [0.717, 1.165) is 34.4 Å². The molecule has 4 nitrogen and oxygen atoms in total. The molecule has 1 aliphatic heterocycles. The first-order valence-electron chi connectivity index (χ1n) is 9.12. The lowest BCUT2D eigenvalue weighted by Gasteiger charge is -2.19. The third-order valence-corrected chi connectivity index (χ3v) is 5.70. The van der Waals surface area contributed by atoms with E-state index in [2.05, 4.69) is 41.8 Å². The van der Waals surface area contributed by atoms with E-state index in [0.29, 0.717) is 5.56 Å². The minimum Gasteiger partial charge on any atom is -0.325 e. The van der Waals surface area contributed by atoms with Crippen molar-refractivity contribution in [2.75, 3.05) is 11.1 Å². The van der Waals surface area contributed by atoms with E-state index in [1.165, 1.54) is 5.56 Å². The Bertz CT molecular complexity index is 962. The van der Waals surface area contributed by atoms with Crippen LogP contribution in [0.25, 0.3) is 11.3 Å². The maximum atomic E-state index is 12.6. The number of aromatic nitrogens is 2. The van der Waals surface area contributed by atoms with Crippen LogP contribution in [0.4, 0.5) is 5.69 Å². The number of anilines is 1. The molecule has 2 heterocycles. The van der Waals surface area contributed by atoms with Crippen molar-refractivity contribution in [1.29, 1.82) is 0 Å². The highest BCUT2D eigenvalue weighted by Gasteiger charge is 2.16. The van der Waals surface area contributed by atoms with E-state index >= 15 is 0 Å². The second kappa shape index (κ2) is 6.89. The maximum absolute atomic E-state index is 12.6. The fourth-order valence-corrected chi connectivity index (χ4v) is 4.07. The number of nitrogens with zero attached hydrogens (tertiary/aromatic N) is 2. The van der Waals surface area contributed by atoms with E-state index < -0.39 is 0 Å². The third-order valence-electron chi connectivity index (χ3n) is 4.73. The largest absolute Gasteiger partial charge is 0.325 e. The van der Waals surface area contributed by atoms with Crippen molar-refractivity contribution < 1.29 is 4.79 Å². The summed E-state index contributed by atoms with van der Waals surface area (Å²) in [5, 5.41) is 4.07. The summed E-state index contributed by atoms with van der Waals surface area (Å²) < 4.78 is 2.18. The molecular weight excluding hydrogens is 354 g/mol. The zero-order chi connectivity index (χ0) is 19.0. The number of hydrogen-bond donors (Lipinski definition) is 1. The lowest BCUT2D eigenvalue weighted by molar-refractivity contribution is 0.102. The molecule has 0 bridgehead atoms. The lowest BCUT2D eigenvalue weighted by Crippen LogP contribution is -2.14. The Hall–Kier alpha value is -2.53. The number of carbonyl (C=O) groups excluding carboxylic acids is 1. The van der Waals surface area contributed by atoms with Gasteiger partial charge in [0.1, 0.15) is 0 Å². The van der Waals surface area contributed by atoms with Crippen LogP contribution in [0.1, 0.15) is 36.7 Å². The van der Waals surface area contributed by atoms with Gasteiger partial charge >= 0.3 is 0 Å². The molecule has 1 amide bonds. The molecule has 1 aromatic heterocycles. The average Bonchev–Trinajstić information content (AvgIpc) is 3.23. The van der Waals surface area contributed by atoms with Crippen LogP contribution in [0.2, 0.25) is 0 Å². The first kappa shape index (κ1) is 17.9. The quantitative estimate of drug-likeness (QED) is 0.682. The van der Waals surface area contributed by atoms with Gasteiger partial charge in [0.05, 0.1) is 5.69 Å². The van der Waals surface area contributed by atoms with E-state index in [4.69, 9.17) is 0 Å². The van der Waals surface area contributed by atoms with Crippen molar-refractivity contribution in [3.05, 3.63) is 65.9 Å². The molecule has 138 valence electrons. The highest BCUT2D eigenvalue weighted by atomic mass is 32.2. The first-order chi connectivity index (χ1) is 12.9. The molecule has 5 heteroatoms. The summed E-state index contributed by atoms with van der Waals surface area (Å²) in [5.41, 5.74) is 4.68. The van der Waals surface area contributed by atoms with Crippen molar-refractivity contribution in [2.24, 2.45) is 0 Å². The molecule has 0 atom stereocenters. The number of thioether (sulfide) groups is 1. The Balaban J connectivity index is 1.51. The Kier molecular flexibility index (Phi) is 4.56. The maximum Gasteiger partial charge on any atom is 0.255 e. The zero-order valence-corrected chi connectivity index (χ0v) is 16.6. The second-order valence-electron chi connectivity index (χ2n) is 7.81. The molecule has 0 radical (unpaired) electrons. The second-order valence-corrected chi connectivity index (χ2v) is 8.87. The smallest absolute Gasteiger partial charge is 0.255 e. The predicted molar refractivity (Wildman–Crippen MR) is 111 cm³/mol. The molecular formula is C22H23N3OS. The van der Waals surface area contributed by atoms with Gasteiger partial charge in [-0.1, -0.05) is 56.8 Å². The summed E-state index contributed by atoms with van der Waals surface area (Å²) in [7, 11) is 0. The van der Waals surface area contributed by atoms with Gasteiger partial charge in [0.15, 0.2) is 5.16 Å². The van der Waals surface area contributed by atoms with Crippen molar-refractivity contribution >= 4 is 23.4 Å². The van der Waals surface area contributed by atoms with Gasteiger partial charge in [-0.3, -0.25) is 4.79 Å². The van der Waals surface area contributed by atoms with Crippen molar-refractivity contribution in [3.63, 3.8) is 0 Å². The molecule has 3 aromatic rings. The van der Waals surface area contributed by atoms with Crippen molar-refractivity contribution in [1.82, 2.24) is 9.55 Å². The predicted octanol–water partition coefficient (Wildman–Crippen LogP) is 5.21. The van der Waals surface area contributed by atoms with Gasteiger partial charge < -0.3 is 9.88 Å². The van der Waals surface area contributed by atoms with Crippen LogP contribution in [-0.2, 0) is 12.0 Å². The van der Waals surface area contributed by atoms with Crippen LogP contribution >= 0.6 is 11.8 Å². The summed E-state index contributed by atoms with van der Waals surface area (Å²) in [6.45, 7) is 7.50. The molecule has 0 saturated heterocycles. The monoisotopic (exact) mass is 377 g/mol. The van der Waals surface area contributed by atoms with Crippen LogP contribution in [0.5, 0.6) is 0 Å². The average molecular weight is 378 g/mol. The van der Waals surface area contributed by atoms with Crippen LogP contribution in [0, 0.1) is 0 Å². The Morgan fingerprint density at radius 2 is 1.93 bits per heavy atom. The Morgan fingerprint density at radius 3 is 2.63 bits per heavy atom. The topological polar surface area (TPSA) is 46.9 Å². The summed E-state index contributed by atoms with van der Waals surface area (Å²) in [5.74, 6) is 0.989. The number of rotatable bonds is 3. The third kappa shape index (κ3) is 3.78. The standard InChI is InChI=1S/C22H23N3OS/c1-22(2,3)17-9-7-15(8-10-17)20(26)23-18-6-4-5-16(13-18)19-14-25-11-12-27-21(25)24-19/h4-10,13-14H,11-12H2,1-3H3,(H,23,26). The molecule has 0 fully saturated rings. The van der Waals surface area contributed by atoms with Gasteiger partial charge in [-0.25, -0.2) is 4.98 Å². The fourth-order valence-electron chi connectivity index (χ4n) is 3.13. The molecule has 0 spiro atoms. The molecule has 0 saturated carbocycles. The molecule has 0 unspecified atom stereocenters. The van der Waals surface area contributed by atoms with E-state index in [9.17, 15) is 4.79 Å². The number of amides is 1. The number of carbonyl (C=O) groups is 1. The van der Waals surface area contributed by atoms with E-state index in [1.54, 1.807) is 11.8 Å². The van der Waals surface area contributed by atoms with Gasteiger partial charge in [-0.15, -0.1) is 0 Å². The van der Waals surface area contributed by atoms with Crippen LogP contribution in [0.3, 0.4) is 0 Å².